The summed E-state index contributed by atoms with van der Waals surface area (Å²) in [5.41, 5.74) is 19.5. The molecule has 0 N–H and O–H groups in total. The largest absolute Gasteiger partial charge is 0.311 e. The molecule has 0 radical (unpaired) electrons. The lowest BCUT2D eigenvalue weighted by molar-refractivity contribution is 1.25. The fourth-order valence-corrected chi connectivity index (χ4v) is 10.3. The standard InChI is InChI=1S/C72H54N4/c1-9-26-58(27-10-1)73(59-28-11-2-12-29-59)66-48-44-55(45-49-66)70-42-25-43-71(56-46-50-67(51-47-56)74(60-30-13-3-14-31-60)61-32-15-4-16-33-61)72(70)57-52-68(75(62-34-17-5-18-35-62)63-36-19-6-20-37-63)54-69(53-57)76(64-38-21-7-22-39-64)65-40-23-8-24-41-65/h1-54H. The van der Waals surface area contributed by atoms with Gasteiger partial charge in [0.2, 0.25) is 0 Å². The summed E-state index contributed by atoms with van der Waals surface area (Å²) in [6, 6.07) is 117. The van der Waals surface area contributed by atoms with Gasteiger partial charge in [-0.25, -0.2) is 0 Å². The molecule has 0 aromatic heterocycles. The molecule has 0 aliphatic rings. The predicted octanol–water partition coefficient (Wildman–Crippen LogP) is 20.6. The van der Waals surface area contributed by atoms with Crippen molar-refractivity contribution in [2.24, 2.45) is 0 Å². The normalized spacial score (nSPS) is 10.9. The summed E-state index contributed by atoms with van der Waals surface area (Å²) in [6.07, 6.45) is 0. The maximum Gasteiger partial charge on any atom is 0.0488 e. The van der Waals surface area contributed by atoms with Gasteiger partial charge in [0.25, 0.3) is 0 Å². The maximum absolute atomic E-state index is 2.38. The lowest BCUT2D eigenvalue weighted by Crippen LogP contribution is -2.13. The van der Waals surface area contributed by atoms with E-state index in [0.717, 1.165) is 102 Å². The van der Waals surface area contributed by atoms with Crippen LogP contribution in [0.2, 0.25) is 0 Å². The summed E-state index contributed by atoms with van der Waals surface area (Å²) < 4.78 is 0. The minimum absolute atomic E-state index is 1.02. The van der Waals surface area contributed by atoms with E-state index in [1.165, 1.54) is 0 Å². The molecule has 12 rings (SSSR count). The molecule has 0 saturated carbocycles. The van der Waals surface area contributed by atoms with Crippen molar-refractivity contribution < 1.29 is 0 Å². The van der Waals surface area contributed by atoms with E-state index in [-0.39, 0.29) is 0 Å². The molecule has 4 nitrogen and oxygen atoms in total. The van der Waals surface area contributed by atoms with E-state index in [1.807, 2.05) is 0 Å². The molecule has 12 aromatic rings. The molecule has 362 valence electrons. The van der Waals surface area contributed by atoms with Crippen LogP contribution in [-0.4, -0.2) is 0 Å². The van der Waals surface area contributed by atoms with Crippen LogP contribution in [0.4, 0.5) is 68.2 Å². The maximum atomic E-state index is 2.38. The molecule has 76 heavy (non-hydrogen) atoms. The highest BCUT2D eigenvalue weighted by Gasteiger charge is 2.23. The van der Waals surface area contributed by atoms with E-state index in [0.29, 0.717) is 0 Å². The minimum atomic E-state index is 1.02. The third-order valence-corrected chi connectivity index (χ3v) is 13.8. The second-order valence-corrected chi connectivity index (χ2v) is 18.6. The van der Waals surface area contributed by atoms with Crippen LogP contribution in [0, 0.1) is 0 Å². The van der Waals surface area contributed by atoms with Crippen molar-refractivity contribution in [2.45, 2.75) is 0 Å². The molecule has 0 aliphatic carbocycles. The van der Waals surface area contributed by atoms with Gasteiger partial charge in [-0.15, -0.1) is 0 Å². The molecule has 4 heteroatoms. The topological polar surface area (TPSA) is 13.0 Å². The van der Waals surface area contributed by atoms with Crippen LogP contribution in [0.5, 0.6) is 0 Å². The predicted molar refractivity (Wildman–Crippen MR) is 321 cm³/mol. The van der Waals surface area contributed by atoms with E-state index in [2.05, 4.69) is 347 Å². The van der Waals surface area contributed by atoms with Crippen molar-refractivity contribution in [3.05, 3.63) is 328 Å². The Hall–Kier alpha value is -10.2. The van der Waals surface area contributed by atoms with E-state index < -0.39 is 0 Å². The van der Waals surface area contributed by atoms with Crippen LogP contribution < -0.4 is 19.6 Å². The van der Waals surface area contributed by atoms with Gasteiger partial charge in [0.05, 0.1) is 0 Å². The molecule has 0 atom stereocenters. The monoisotopic (exact) mass is 974 g/mol. The van der Waals surface area contributed by atoms with Crippen molar-refractivity contribution in [1.82, 2.24) is 0 Å². The number of benzene rings is 12. The average Bonchev–Trinajstić information content (AvgIpc) is 3.50. The summed E-state index contributed by atoms with van der Waals surface area (Å²) in [6.45, 7) is 0. The van der Waals surface area contributed by atoms with E-state index >= 15 is 0 Å². The number of anilines is 12. The SMILES string of the molecule is c1ccc(N(c2ccccc2)c2ccc(-c3cccc(-c4ccc(N(c5ccccc5)c5ccccc5)cc4)c3-c3cc(N(c4ccccc4)c4ccccc4)cc(N(c4ccccc4)c4ccccc4)c3)cc2)cc1. The minimum Gasteiger partial charge on any atom is -0.311 e. The Morgan fingerprint density at radius 1 is 0.145 bits per heavy atom. The molecule has 0 unspecified atom stereocenters. The molecule has 0 bridgehead atoms. The molecule has 0 saturated heterocycles. The highest BCUT2D eigenvalue weighted by Crippen LogP contribution is 2.48. The quantitative estimate of drug-likeness (QED) is 0.101. The Morgan fingerprint density at radius 2 is 0.355 bits per heavy atom. The van der Waals surface area contributed by atoms with Gasteiger partial charge in [0, 0.05) is 68.2 Å². The van der Waals surface area contributed by atoms with Gasteiger partial charge < -0.3 is 19.6 Å². The Labute approximate surface area is 446 Å². The number of rotatable bonds is 15. The lowest BCUT2D eigenvalue weighted by Gasteiger charge is -2.31. The zero-order valence-corrected chi connectivity index (χ0v) is 42.0. The van der Waals surface area contributed by atoms with E-state index in [4.69, 9.17) is 0 Å². The van der Waals surface area contributed by atoms with Crippen LogP contribution in [0.1, 0.15) is 0 Å². The Kier molecular flexibility index (Phi) is 13.5. The zero-order valence-electron chi connectivity index (χ0n) is 42.0. The van der Waals surface area contributed by atoms with Crippen LogP contribution >= 0.6 is 0 Å². The molecule has 0 aliphatic heterocycles. The van der Waals surface area contributed by atoms with Gasteiger partial charge in [0.1, 0.15) is 0 Å². The average molecular weight is 975 g/mol. The number of para-hydroxylation sites is 8. The molecular weight excluding hydrogens is 921 g/mol. The van der Waals surface area contributed by atoms with Crippen molar-refractivity contribution in [2.75, 3.05) is 19.6 Å². The molecule has 0 spiro atoms. The second-order valence-electron chi connectivity index (χ2n) is 18.6. The molecular formula is C72H54N4. The van der Waals surface area contributed by atoms with Crippen LogP contribution in [0.15, 0.2) is 328 Å². The lowest BCUT2D eigenvalue weighted by atomic mass is 9.87. The molecule has 0 fully saturated rings. The van der Waals surface area contributed by atoms with Crippen molar-refractivity contribution in [3.63, 3.8) is 0 Å². The van der Waals surface area contributed by atoms with Gasteiger partial charge in [-0.3, -0.25) is 0 Å². The highest BCUT2D eigenvalue weighted by atomic mass is 15.2. The summed E-state index contributed by atoms with van der Waals surface area (Å²) in [4.78, 5) is 9.37. The summed E-state index contributed by atoms with van der Waals surface area (Å²) >= 11 is 0. The number of nitrogens with zero attached hydrogens (tertiary/aromatic N) is 4. The first-order valence-electron chi connectivity index (χ1n) is 25.8. The Balaban J connectivity index is 1.10. The van der Waals surface area contributed by atoms with Crippen molar-refractivity contribution >= 4 is 68.2 Å². The molecule has 0 heterocycles. The first-order valence-corrected chi connectivity index (χ1v) is 25.8. The van der Waals surface area contributed by atoms with Gasteiger partial charge in [-0.2, -0.15) is 0 Å². The second kappa shape index (κ2) is 21.9. The van der Waals surface area contributed by atoms with Crippen molar-refractivity contribution in [1.29, 1.82) is 0 Å². The smallest absolute Gasteiger partial charge is 0.0488 e. The fourth-order valence-electron chi connectivity index (χ4n) is 10.3. The van der Waals surface area contributed by atoms with Gasteiger partial charge >= 0.3 is 0 Å². The summed E-state index contributed by atoms with van der Waals surface area (Å²) in [5, 5.41) is 0. The Morgan fingerprint density at radius 3 is 0.592 bits per heavy atom. The third-order valence-electron chi connectivity index (χ3n) is 13.8. The van der Waals surface area contributed by atoms with E-state index in [1.54, 1.807) is 0 Å². The summed E-state index contributed by atoms with van der Waals surface area (Å²) in [5.74, 6) is 0. The third kappa shape index (κ3) is 9.87. The van der Waals surface area contributed by atoms with Gasteiger partial charge in [-0.05, 0) is 173 Å². The zero-order chi connectivity index (χ0) is 50.9. The van der Waals surface area contributed by atoms with Gasteiger partial charge in [0.15, 0.2) is 0 Å². The van der Waals surface area contributed by atoms with Crippen LogP contribution in [0.25, 0.3) is 33.4 Å². The molecule has 0 amide bonds. The van der Waals surface area contributed by atoms with E-state index in [9.17, 15) is 0 Å². The Bertz CT molecular complexity index is 3360. The van der Waals surface area contributed by atoms with Crippen LogP contribution in [-0.2, 0) is 0 Å². The van der Waals surface area contributed by atoms with Crippen LogP contribution in [0.3, 0.4) is 0 Å². The first kappa shape index (κ1) is 46.9. The molecule has 12 aromatic carbocycles. The van der Waals surface area contributed by atoms with Crippen molar-refractivity contribution in [3.8, 4) is 33.4 Å². The highest BCUT2D eigenvalue weighted by molar-refractivity contribution is 5.98. The summed E-state index contributed by atoms with van der Waals surface area (Å²) in [7, 11) is 0. The number of hydrogen-bond donors (Lipinski definition) is 0. The first-order chi connectivity index (χ1) is 37.7. The van der Waals surface area contributed by atoms with Gasteiger partial charge in [-0.1, -0.05) is 188 Å². The fraction of sp³-hybridized carbons (Fsp3) is 0. The number of hydrogen-bond acceptors (Lipinski definition) is 4.